The fraction of sp³-hybridized carbons (Fsp3) is 0.0690. The smallest absolute Gasteiger partial charge is 0.0465 e. The van der Waals surface area contributed by atoms with Crippen molar-refractivity contribution in [1.82, 2.24) is 0 Å². The Morgan fingerprint density at radius 3 is 1.14 bits per heavy atom. The molecule has 0 aliphatic heterocycles. The van der Waals surface area contributed by atoms with Crippen molar-refractivity contribution in [2.45, 2.75) is 24.7 Å². The first-order valence-corrected chi connectivity index (χ1v) is 20.7. The van der Waals surface area contributed by atoms with E-state index in [9.17, 15) is 0 Å². The second-order valence-electron chi connectivity index (χ2n) is 16.4. The maximum absolute atomic E-state index is 2.47. The molecule has 0 heterocycles. The largest absolute Gasteiger partial charge is 0.310 e. The van der Waals surface area contributed by atoms with E-state index in [1.165, 1.54) is 77.9 Å². The van der Waals surface area contributed by atoms with Gasteiger partial charge in [0.1, 0.15) is 0 Å². The van der Waals surface area contributed by atoms with E-state index in [4.69, 9.17) is 0 Å². The van der Waals surface area contributed by atoms with Gasteiger partial charge in [0.25, 0.3) is 0 Å². The molecule has 2 atom stereocenters. The van der Waals surface area contributed by atoms with E-state index in [1.54, 1.807) is 0 Å². The van der Waals surface area contributed by atoms with Crippen LogP contribution in [-0.4, -0.2) is 0 Å². The molecule has 9 aromatic rings. The fourth-order valence-corrected chi connectivity index (χ4v) is 10.2. The summed E-state index contributed by atoms with van der Waals surface area (Å²) < 4.78 is 0. The number of fused-ring (bicyclic) bond motifs is 6. The molecule has 0 fully saturated rings. The maximum Gasteiger partial charge on any atom is 0.0465 e. The lowest BCUT2D eigenvalue weighted by Crippen LogP contribution is -2.23. The molecule has 280 valence electrons. The first kappa shape index (κ1) is 35.0. The minimum absolute atomic E-state index is 0.312. The molecule has 2 unspecified atom stereocenters. The molecule has 0 saturated heterocycles. The lowest BCUT2D eigenvalue weighted by molar-refractivity contribution is 0.713. The number of nitrogens with zero attached hydrogens (tertiary/aromatic N) is 1. The Bertz CT molecular complexity index is 2860. The van der Waals surface area contributed by atoms with Crippen molar-refractivity contribution in [2.75, 3.05) is 4.90 Å². The predicted molar refractivity (Wildman–Crippen MR) is 247 cm³/mol. The van der Waals surface area contributed by atoms with Crippen LogP contribution in [0.3, 0.4) is 0 Å². The molecule has 1 heteroatoms. The van der Waals surface area contributed by atoms with Gasteiger partial charge >= 0.3 is 0 Å². The van der Waals surface area contributed by atoms with Crippen LogP contribution in [-0.2, 0) is 10.8 Å². The van der Waals surface area contributed by atoms with Gasteiger partial charge < -0.3 is 4.90 Å². The lowest BCUT2D eigenvalue weighted by Gasteiger charge is -2.32. The van der Waals surface area contributed by atoms with Crippen LogP contribution >= 0.6 is 0 Å². The molecular formula is C58H43N. The molecule has 0 saturated carbocycles. The third-order valence-corrected chi connectivity index (χ3v) is 13.2. The van der Waals surface area contributed by atoms with Gasteiger partial charge in [-0.1, -0.05) is 182 Å². The zero-order valence-corrected chi connectivity index (χ0v) is 33.3. The topological polar surface area (TPSA) is 3.24 Å². The van der Waals surface area contributed by atoms with E-state index in [0.29, 0.717) is 0 Å². The quantitative estimate of drug-likeness (QED) is 0.157. The molecule has 0 N–H and O–H groups in total. The summed E-state index contributed by atoms with van der Waals surface area (Å²) in [5.41, 5.74) is 20.7. The average Bonchev–Trinajstić information content (AvgIpc) is 3.73. The molecule has 0 spiro atoms. The molecule has 0 bridgehead atoms. The number of anilines is 3. The second kappa shape index (κ2) is 13.7. The van der Waals surface area contributed by atoms with Crippen molar-refractivity contribution in [1.29, 1.82) is 0 Å². The third kappa shape index (κ3) is 5.46. The van der Waals surface area contributed by atoms with Gasteiger partial charge in [0, 0.05) is 27.9 Å². The van der Waals surface area contributed by atoms with E-state index < -0.39 is 0 Å². The summed E-state index contributed by atoms with van der Waals surface area (Å²) in [5, 5.41) is 0. The first-order chi connectivity index (χ1) is 29.0. The standard InChI is InChI=1S/C58H43N/c1-57(44-21-8-4-9-22-44)53-27-14-12-25-49(53)51-35-33-47(38-55(51)57)59(46-31-29-41(30-32-46)43-20-16-19-42(37-43)40-17-6-3-7-18-40)48-34-36-52-50-26-13-15-28-54(50)58(2,56(52)39-48)45-23-10-5-11-24-45/h3-39H,1-2H3. The fourth-order valence-electron chi connectivity index (χ4n) is 10.2. The maximum atomic E-state index is 2.47. The van der Waals surface area contributed by atoms with Crippen molar-refractivity contribution >= 4 is 17.1 Å². The molecular weight excluding hydrogens is 711 g/mol. The van der Waals surface area contributed by atoms with Crippen molar-refractivity contribution < 1.29 is 0 Å². The Labute approximate surface area is 347 Å². The Morgan fingerprint density at radius 1 is 0.271 bits per heavy atom. The van der Waals surface area contributed by atoms with Crippen LogP contribution in [0.4, 0.5) is 17.1 Å². The van der Waals surface area contributed by atoms with Crippen LogP contribution in [0.15, 0.2) is 224 Å². The summed E-state index contributed by atoms with van der Waals surface area (Å²) in [4.78, 5) is 2.47. The molecule has 0 radical (unpaired) electrons. The average molecular weight is 754 g/mol. The van der Waals surface area contributed by atoms with Gasteiger partial charge in [0.05, 0.1) is 0 Å². The van der Waals surface area contributed by atoms with Crippen LogP contribution < -0.4 is 4.90 Å². The summed E-state index contributed by atoms with van der Waals surface area (Å²) >= 11 is 0. The van der Waals surface area contributed by atoms with Gasteiger partial charge in [-0.25, -0.2) is 0 Å². The SMILES string of the molecule is CC1(c2ccccc2)c2ccccc2-c2ccc(N(c3ccc(-c4cccc(-c5ccccc5)c4)cc3)c3ccc4c(c3)C(C)(c3ccccc3)c3ccccc3-4)cc21. The number of hydrogen-bond donors (Lipinski definition) is 0. The molecule has 9 aromatic carbocycles. The lowest BCUT2D eigenvalue weighted by atomic mass is 9.74. The summed E-state index contributed by atoms with van der Waals surface area (Å²) in [6, 6.07) is 82.8. The highest BCUT2D eigenvalue weighted by atomic mass is 15.1. The van der Waals surface area contributed by atoms with Gasteiger partial charge in [-0.15, -0.1) is 0 Å². The Balaban J connectivity index is 1.09. The Morgan fingerprint density at radius 2 is 0.644 bits per heavy atom. The van der Waals surface area contributed by atoms with E-state index in [1.807, 2.05) is 0 Å². The summed E-state index contributed by atoms with van der Waals surface area (Å²) in [6.07, 6.45) is 0. The number of rotatable bonds is 7. The second-order valence-corrected chi connectivity index (χ2v) is 16.4. The van der Waals surface area contributed by atoms with Gasteiger partial charge in [-0.3, -0.25) is 0 Å². The minimum atomic E-state index is -0.312. The van der Waals surface area contributed by atoms with Crippen molar-refractivity contribution in [3.8, 4) is 44.5 Å². The van der Waals surface area contributed by atoms with E-state index in [-0.39, 0.29) is 10.8 Å². The van der Waals surface area contributed by atoms with Crippen molar-refractivity contribution in [3.63, 3.8) is 0 Å². The van der Waals surface area contributed by atoms with Gasteiger partial charge in [0.15, 0.2) is 0 Å². The number of benzene rings is 9. The monoisotopic (exact) mass is 753 g/mol. The van der Waals surface area contributed by atoms with Crippen LogP contribution in [0.2, 0.25) is 0 Å². The molecule has 0 amide bonds. The zero-order chi connectivity index (χ0) is 39.6. The van der Waals surface area contributed by atoms with Crippen LogP contribution in [0, 0.1) is 0 Å². The van der Waals surface area contributed by atoms with Gasteiger partial charge in [-0.05, 0) is 134 Å². The van der Waals surface area contributed by atoms with Crippen LogP contribution in [0.5, 0.6) is 0 Å². The highest BCUT2D eigenvalue weighted by Gasteiger charge is 2.42. The van der Waals surface area contributed by atoms with Crippen LogP contribution in [0.25, 0.3) is 44.5 Å². The van der Waals surface area contributed by atoms with Gasteiger partial charge in [0.2, 0.25) is 0 Å². The molecule has 0 aromatic heterocycles. The molecule has 11 rings (SSSR count). The highest BCUT2D eigenvalue weighted by Crippen LogP contribution is 2.56. The first-order valence-electron chi connectivity index (χ1n) is 20.7. The zero-order valence-electron chi connectivity index (χ0n) is 33.3. The number of hydrogen-bond acceptors (Lipinski definition) is 1. The third-order valence-electron chi connectivity index (χ3n) is 13.2. The van der Waals surface area contributed by atoms with E-state index in [0.717, 1.165) is 17.1 Å². The summed E-state index contributed by atoms with van der Waals surface area (Å²) in [7, 11) is 0. The highest BCUT2D eigenvalue weighted by molar-refractivity contribution is 5.90. The molecule has 1 nitrogen and oxygen atoms in total. The molecule has 59 heavy (non-hydrogen) atoms. The minimum Gasteiger partial charge on any atom is -0.310 e. The Kier molecular flexibility index (Phi) is 8.13. The summed E-state index contributed by atoms with van der Waals surface area (Å²) in [6.45, 7) is 4.80. The molecule has 2 aliphatic carbocycles. The van der Waals surface area contributed by atoms with Gasteiger partial charge in [-0.2, -0.15) is 0 Å². The van der Waals surface area contributed by atoms with Crippen molar-refractivity contribution in [2.24, 2.45) is 0 Å². The van der Waals surface area contributed by atoms with E-state index >= 15 is 0 Å². The van der Waals surface area contributed by atoms with E-state index in [2.05, 4.69) is 243 Å². The van der Waals surface area contributed by atoms with Crippen LogP contribution in [0.1, 0.15) is 47.2 Å². The normalized spacial score (nSPS) is 17.1. The Hall–Kier alpha value is -7.22. The van der Waals surface area contributed by atoms with Crippen molar-refractivity contribution in [3.05, 3.63) is 258 Å². The summed E-state index contributed by atoms with van der Waals surface area (Å²) in [5.74, 6) is 0. The predicted octanol–water partition coefficient (Wildman–Crippen LogP) is 15.2. The molecule has 2 aliphatic rings.